The Labute approximate surface area is 179 Å². The van der Waals surface area contributed by atoms with Crippen LogP contribution in [0.4, 0.5) is 21.9 Å². The van der Waals surface area contributed by atoms with Crippen LogP contribution in [0.5, 0.6) is 0 Å². The second-order valence-corrected chi connectivity index (χ2v) is 7.12. The second-order valence-electron chi connectivity index (χ2n) is 7.12. The van der Waals surface area contributed by atoms with Crippen molar-refractivity contribution in [3.8, 4) is 0 Å². The number of anilines is 3. The Kier molecular flexibility index (Phi) is 5.66. The maximum atomic E-state index is 12.8. The van der Waals surface area contributed by atoms with Crippen molar-refractivity contribution in [3.05, 3.63) is 89.5 Å². The van der Waals surface area contributed by atoms with Gasteiger partial charge in [0.1, 0.15) is 6.61 Å². The Morgan fingerprint density at radius 3 is 2.39 bits per heavy atom. The van der Waals surface area contributed by atoms with E-state index in [1.54, 1.807) is 66.7 Å². The third-order valence-electron chi connectivity index (χ3n) is 4.96. The lowest BCUT2D eigenvalue weighted by molar-refractivity contribution is 0.101. The van der Waals surface area contributed by atoms with Crippen molar-refractivity contribution in [2.45, 2.75) is 6.92 Å². The molecule has 0 aromatic heterocycles. The zero-order chi connectivity index (χ0) is 21.8. The minimum atomic E-state index is -0.402. The summed E-state index contributed by atoms with van der Waals surface area (Å²) in [6.45, 7) is 2.68. The first-order chi connectivity index (χ1) is 15.0. The zero-order valence-corrected chi connectivity index (χ0v) is 16.9. The van der Waals surface area contributed by atoms with Crippen LogP contribution in [0.25, 0.3) is 0 Å². The summed E-state index contributed by atoms with van der Waals surface area (Å²) in [5.74, 6) is -0.567. The first-order valence-corrected chi connectivity index (χ1v) is 9.84. The molecule has 0 bridgehead atoms. The molecular formula is C24H21N3O4. The number of benzene rings is 3. The van der Waals surface area contributed by atoms with Crippen LogP contribution >= 0.6 is 0 Å². The van der Waals surface area contributed by atoms with E-state index in [0.717, 1.165) is 5.56 Å². The molecule has 0 atom stereocenters. The van der Waals surface area contributed by atoms with E-state index in [-0.39, 0.29) is 11.8 Å². The topological polar surface area (TPSA) is 87.7 Å². The van der Waals surface area contributed by atoms with Crippen LogP contribution < -0.4 is 15.5 Å². The quantitative estimate of drug-likeness (QED) is 0.644. The highest BCUT2D eigenvalue weighted by Crippen LogP contribution is 2.24. The van der Waals surface area contributed by atoms with Crippen LogP contribution in [-0.4, -0.2) is 31.1 Å². The largest absolute Gasteiger partial charge is 0.447 e. The second kappa shape index (κ2) is 8.71. The standard InChI is InChI=1S/C24H21N3O4/c1-16-10-11-18(14-21(16)26-22(28)17-6-3-2-4-7-17)23(29)25-19-8-5-9-20(15-19)27-12-13-31-24(27)30/h2-11,14-15H,12-13H2,1H3,(H,25,29)(H,26,28). The number of rotatable bonds is 5. The van der Waals surface area contributed by atoms with Gasteiger partial charge in [-0.05, 0) is 55.0 Å². The molecule has 0 aliphatic carbocycles. The molecule has 0 spiro atoms. The van der Waals surface area contributed by atoms with Crippen molar-refractivity contribution in [2.75, 3.05) is 28.7 Å². The first-order valence-electron chi connectivity index (χ1n) is 9.84. The van der Waals surface area contributed by atoms with E-state index in [2.05, 4.69) is 10.6 Å². The number of nitrogens with zero attached hydrogens (tertiary/aromatic N) is 1. The fraction of sp³-hybridized carbons (Fsp3) is 0.125. The Balaban J connectivity index is 1.50. The van der Waals surface area contributed by atoms with Crippen molar-refractivity contribution in [1.29, 1.82) is 0 Å². The van der Waals surface area contributed by atoms with Crippen LogP contribution in [0.3, 0.4) is 0 Å². The van der Waals surface area contributed by atoms with Crippen molar-refractivity contribution in [2.24, 2.45) is 0 Å². The molecule has 156 valence electrons. The van der Waals surface area contributed by atoms with Gasteiger partial charge in [-0.3, -0.25) is 14.5 Å². The van der Waals surface area contributed by atoms with E-state index in [4.69, 9.17) is 4.74 Å². The molecule has 1 heterocycles. The molecule has 0 radical (unpaired) electrons. The molecule has 2 N–H and O–H groups in total. The van der Waals surface area contributed by atoms with Gasteiger partial charge in [0.25, 0.3) is 11.8 Å². The highest BCUT2D eigenvalue weighted by molar-refractivity contribution is 6.08. The van der Waals surface area contributed by atoms with E-state index in [1.807, 2.05) is 13.0 Å². The number of hydrogen-bond acceptors (Lipinski definition) is 4. The van der Waals surface area contributed by atoms with E-state index in [9.17, 15) is 14.4 Å². The third kappa shape index (κ3) is 4.56. The molecule has 4 rings (SSSR count). The van der Waals surface area contributed by atoms with Gasteiger partial charge in [-0.2, -0.15) is 0 Å². The van der Waals surface area contributed by atoms with Crippen LogP contribution in [0, 0.1) is 6.92 Å². The maximum absolute atomic E-state index is 12.8. The molecule has 3 aromatic rings. The van der Waals surface area contributed by atoms with Gasteiger partial charge in [-0.1, -0.05) is 30.3 Å². The maximum Gasteiger partial charge on any atom is 0.414 e. The Morgan fingerprint density at radius 1 is 0.871 bits per heavy atom. The van der Waals surface area contributed by atoms with Gasteiger partial charge < -0.3 is 15.4 Å². The summed E-state index contributed by atoms with van der Waals surface area (Å²) in [6, 6.07) is 21.0. The van der Waals surface area contributed by atoms with Crippen LogP contribution in [0.1, 0.15) is 26.3 Å². The smallest absolute Gasteiger partial charge is 0.414 e. The molecule has 1 fully saturated rings. The van der Waals surface area contributed by atoms with E-state index in [1.165, 1.54) is 4.90 Å². The lowest BCUT2D eigenvalue weighted by atomic mass is 10.1. The Morgan fingerprint density at radius 2 is 1.65 bits per heavy atom. The molecule has 0 unspecified atom stereocenters. The predicted molar refractivity (Wildman–Crippen MR) is 119 cm³/mol. The summed E-state index contributed by atoms with van der Waals surface area (Å²) in [5, 5.41) is 5.70. The molecule has 7 heteroatoms. The predicted octanol–water partition coefficient (Wildman–Crippen LogP) is 4.46. The number of aryl methyl sites for hydroxylation is 1. The molecule has 3 aromatic carbocycles. The monoisotopic (exact) mass is 415 g/mol. The van der Waals surface area contributed by atoms with Crippen molar-refractivity contribution < 1.29 is 19.1 Å². The number of carbonyl (C=O) groups excluding carboxylic acids is 3. The zero-order valence-electron chi connectivity index (χ0n) is 16.9. The van der Waals surface area contributed by atoms with Crippen molar-refractivity contribution in [3.63, 3.8) is 0 Å². The highest BCUT2D eigenvalue weighted by atomic mass is 16.6. The highest BCUT2D eigenvalue weighted by Gasteiger charge is 2.23. The summed E-state index contributed by atoms with van der Waals surface area (Å²) in [7, 11) is 0. The normalized spacial score (nSPS) is 12.9. The van der Waals surface area contributed by atoms with Gasteiger partial charge in [0.2, 0.25) is 0 Å². The third-order valence-corrected chi connectivity index (χ3v) is 4.96. The van der Waals surface area contributed by atoms with Gasteiger partial charge >= 0.3 is 6.09 Å². The minimum Gasteiger partial charge on any atom is -0.447 e. The summed E-state index contributed by atoms with van der Waals surface area (Å²) in [4.78, 5) is 38.6. The summed E-state index contributed by atoms with van der Waals surface area (Å²) >= 11 is 0. The summed E-state index contributed by atoms with van der Waals surface area (Å²) < 4.78 is 4.96. The van der Waals surface area contributed by atoms with Crippen LogP contribution in [0.15, 0.2) is 72.8 Å². The van der Waals surface area contributed by atoms with Gasteiger partial charge in [-0.25, -0.2) is 4.79 Å². The number of carbonyl (C=O) groups is 3. The lowest BCUT2D eigenvalue weighted by Crippen LogP contribution is -2.23. The van der Waals surface area contributed by atoms with Crippen LogP contribution in [-0.2, 0) is 4.74 Å². The SMILES string of the molecule is Cc1ccc(C(=O)Nc2cccc(N3CCOC3=O)c2)cc1NC(=O)c1ccccc1. The average Bonchev–Trinajstić information content (AvgIpc) is 3.22. The molecule has 1 aliphatic heterocycles. The van der Waals surface area contributed by atoms with Gasteiger partial charge in [-0.15, -0.1) is 0 Å². The first kappa shape index (κ1) is 20.2. The van der Waals surface area contributed by atoms with Gasteiger partial charge in [0.05, 0.1) is 6.54 Å². The van der Waals surface area contributed by atoms with E-state index in [0.29, 0.717) is 41.3 Å². The fourth-order valence-corrected chi connectivity index (χ4v) is 3.26. The minimum absolute atomic E-state index is 0.244. The van der Waals surface area contributed by atoms with Crippen molar-refractivity contribution >= 4 is 35.0 Å². The molecule has 1 saturated heterocycles. The number of nitrogens with one attached hydrogen (secondary N) is 2. The number of ether oxygens (including phenoxy) is 1. The fourth-order valence-electron chi connectivity index (χ4n) is 3.26. The van der Waals surface area contributed by atoms with Crippen LogP contribution in [0.2, 0.25) is 0 Å². The number of hydrogen-bond donors (Lipinski definition) is 2. The van der Waals surface area contributed by atoms with Gasteiger partial charge in [0, 0.05) is 28.2 Å². The molecule has 7 nitrogen and oxygen atoms in total. The molecule has 0 saturated carbocycles. The molecule has 1 aliphatic rings. The molecular weight excluding hydrogens is 394 g/mol. The lowest BCUT2D eigenvalue weighted by Gasteiger charge is -2.15. The number of amides is 3. The molecule has 3 amide bonds. The molecule has 31 heavy (non-hydrogen) atoms. The van der Waals surface area contributed by atoms with E-state index < -0.39 is 6.09 Å². The van der Waals surface area contributed by atoms with E-state index >= 15 is 0 Å². The summed E-state index contributed by atoms with van der Waals surface area (Å²) in [6.07, 6.45) is -0.402. The summed E-state index contributed by atoms with van der Waals surface area (Å²) in [5.41, 5.74) is 3.55. The van der Waals surface area contributed by atoms with Crippen molar-refractivity contribution in [1.82, 2.24) is 0 Å². The Hall–Kier alpha value is -4.13. The number of cyclic esters (lactones) is 1. The average molecular weight is 415 g/mol. The Bertz CT molecular complexity index is 1140. The van der Waals surface area contributed by atoms with Gasteiger partial charge in [0.15, 0.2) is 0 Å².